The molecule has 2 aliphatic heterocycles. The molecule has 0 saturated carbocycles. The topological polar surface area (TPSA) is 111 Å². The Hall–Kier alpha value is -5.97. The van der Waals surface area contributed by atoms with E-state index in [1.54, 1.807) is 4.90 Å². The first-order valence-corrected chi connectivity index (χ1v) is 21.0. The lowest BCUT2D eigenvalue weighted by atomic mass is 9.96. The van der Waals surface area contributed by atoms with Crippen LogP contribution in [-0.2, 0) is 37.8 Å². The third-order valence-corrected chi connectivity index (χ3v) is 11.5. The van der Waals surface area contributed by atoms with Crippen LogP contribution in [0, 0.1) is 0 Å². The molecule has 0 bridgehead atoms. The van der Waals surface area contributed by atoms with Crippen molar-refractivity contribution in [2.24, 2.45) is 7.05 Å². The van der Waals surface area contributed by atoms with Gasteiger partial charge in [-0.1, -0.05) is 67.4 Å². The molecule has 0 spiro atoms. The van der Waals surface area contributed by atoms with Gasteiger partial charge in [0.15, 0.2) is 0 Å². The maximum Gasteiger partial charge on any atom is 0.410 e. The molecule has 4 aromatic carbocycles. The SMILES string of the molecule is Cn1nc(COc2ccc(N3CCN(C(=O)OC(C)(C)C)CC3)cc2)c2c1CCCCCCn1c(C(=O)O)c(CCCOc3cccc4ccccc34)c3cccc-2c31. The van der Waals surface area contributed by atoms with Crippen molar-refractivity contribution in [1.82, 2.24) is 19.2 Å². The number of carboxylic acids is 1. The number of anilines is 1. The minimum Gasteiger partial charge on any atom is -0.493 e. The molecule has 1 N–H and O–H groups in total. The number of hydrogen-bond donors (Lipinski definition) is 1. The number of benzene rings is 4. The van der Waals surface area contributed by atoms with Crippen molar-refractivity contribution < 1.29 is 28.9 Å². The number of amides is 1. The largest absolute Gasteiger partial charge is 0.493 e. The fraction of sp³-hybridized carbons (Fsp3) is 0.396. The number of fused-ring (bicyclic) bond motifs is 3. The van der Waals surface area contributed by atoms with Gasteiger partial charge < -0.3 is 33.7 Å². The third kappa shape index (κ3) is 8.60. The van der Waals surface area contributed by atoms with E-state index < -0.39 is 11.6 Å². The molecular weight excluding hydrogens is 743 g/mol. The van der Waals surface area contributed by atoms with Crippen LogP contribution in [0.5, 0.6) is 11.5 Å². The van der Waals surface area contributed by atoms with Crippen LogP contribution < -0.4 is 14.4 Å². The van der Waals surface area contributed by atoms with Crippen molar-refractivity contribution in [3.8, 4) is 22.6 Å². The molecule has 11 heteroatoms. The van der Waals surface area contributed by atoms with Crippen LogP contribution >= 0.6 is 0 Å². The van der Waals surface area contributed by atoms with E-state index in [-0.39, 0.29) is 12.7 Å². The van der Waals surface area contributed by atoms with Gasteiger partial charge in [0.05, 0.1) is 12.1 Å². The number of piperazine rings is 1. The van der Waals surface area contributed by atoms with Crippen LogP contribution in [0.3, 0.4) is 0 Å². The molecule has 6 aromatic rings. The van der Waals surface area contributed by atoms with Crippen LogP contribution in [0.2, 0.25) is 0 Å². The van der Waals surface area contributed by atoms with Crippen LogP contribution in [0.15, 0.2) is 84.9 Å². The molecule has 8 rings (SSSR count). The quantitative estimate of drug-likeness (QED) is 0.137. The summed E-state index contributed by atoms with van der Waals surface area (Å²) in [5.41, 5.74) is 6.70. The molecule has 0 atom stereocenters. The lowest BCUT2D eigenvalue weighted by Crippen LogP contribution is -2.50. The van der Waals surface area contributed by atoms with Gasteiger partial charge in [-0.3, -0.25) is 4.68 Å². The third-order valence-electron chi connectivity index (χ3n) is 11.5. The van der Waals surface area contributed by atoms with E-state index in [4.69, 9.17) is 19.3 Å². The predicted octanol–water partition coefficient (Wildman–Crippen LogP) is 9.66. The number of para-hydroxylation sites is 1. The first-order chi connectivity index (χ1) is 28.6. The first kappa shape index (κ1) is 39.8. The average Bonchev–Trinajstić information content (AvgIpc) is 3.71. The molecule has 0 aliphatic carbocycles. The van der Waals surface area contributed by atoms with Crippen molar-refractivity contribution in [3.63, 3.8) is 0 Å². The lowest BCUT2D eigenvalue weighted by Gasteiger charge is -2.36. The summed E-state index contributed by atoms with van der Waals surface area (Å²) in [7, 11) is 2.00. The molecule has 0 radical (unpaired) electrons. The number of carbonyl (C=O) groups excluding carboxylic acids is 1. The molecule has 308 valence electrons. The minimum atomic E-state index is -0.907. The second-order valence-corrected chi connectivity index (χ2v) is 16.7. The fourth-order valence-corrected chi connectivity index (χ4v) is 8.77. The summed E-state index contributed by atoms with van der Waals surface area (Å²) >= 11 is 0. The van der Waals surface area contributed by atoms with Crippen molar-refractivity contribution in [3.05, 3.63) is 108 Å². The molecule has 4 heterocycles. The van der Waals surface area contributed by atoms with Crippen LogP contribution in [0.25, 0.3) is 32.8 Å². The van der Waals surface area contributed by atoms with Gasteiger partial charge in [0.2, 0.25) is 0 Å². The molecule has 1 saturated heterocycles. The van der Waals surface area contributed by atoms with Gasteiger partial charge in [0, 0.05) is 73.1 Å². The Kier molecular flexibility index (Phi) is 11.5. The number of aryl methyl sites for hydroxylation is 3. The summed E-state index contributed by atoms with van der Waals surface area (Å²) in [6.07, 6.45) is 5.86. The van der Waals surface area contributed by atoms with E-state index in [0.717, 1.165) is 112 Å². The summed E-state index contributed by atoms with van der Waals surface area (Å²) in [5, 5.41) is 19.0. The molecule has 59 heavy (non-hydrogen) atoms. The standard InChI is InChI=1S/C48H55N5O6/c1-48(2,3)59-47(56)52-29-27-51(28-30-52)34-22-24-35(25-23-34)58-32-40-43-39-18-12-17-37-38(19-13-31-57-42-21-11-15-33-14-8-9-16-36(33)42)45(46(54)55)53(44(37)39)26-10-6-5-7-20-41(43)50(4)49-40/h8-9,11-12,14-18,21-25H,5-7,10,13,19-20,26-32H2,1-4H3,(H,54,55). The Morgan fingerprint density at radius 1 is 0.797 bits per heavy atom. The highest BCUT2D eigenvalue weighted by molar-refractivity contribution is 6.04. The van der Waals surface area contributed by atoms with Crippen molar-refractivity contribution in [2.45, 2.75) is 84.5 Å². The van der Waals surface area contributed by atoms with Crippen LogP contribution in [0.1, 0.15) is 80.3 Å². The molecule has 0 unspecified atom stereocenters. The Morgan fingerprint density at radius 2 is 1.53 bits per heavy atom. The first-order valence-electron chi connectivity index (χ1n) is 21.0. The van der Waals surface area contributed by atoms with Gasteiger partial charge in [-0.15, -0.1) is 0 Å². The molecule has 2 aliphatic rings. The molecular formula is C48H55N5O6. The predicted molar refractivity (Wildman–Crippen MR) is 232 cm³/mol. The zero-order valence-corrected chi connectivity index (χ0v) is 34.7. The van der Waals surface area contributed by atoms with Crippen LogP contribution in [0.4, 0.5) is 10.5 Å². The summed E-state index contributed by atoms with van der Waals surface area (Å²) in [5.74, 6) is 0.668. The van der Waals surface area contributed by atoms with E-state index in [1.165, 1.54) is 0 Å². The van der Waals surface area contributed by atoms with E-state index in [0.29, 0.717) is 44.8 Å². The van der Waals surface area contributed by atoms with E-state index in [1.807, 2.05) is 68.9 Å². The highest BCUT2D eigenvalue weighted by atomic mass is 16.6. The number of carbonyl (C=O) groups is 2. The number of ether oxygens (including phenoxy) is 3. The van der Waals surface area contributed by atoms with Crippen LogP contribution in [-0.4, -0.2) is 74.8 Å². The van der Waals surface area contributed by atoms with Gasteiger partial charge in [0.25, 0.3) is 0 Å². The number of nitrogens with zero attached hydrogens (tertiary/aromatic N) is 5. The maximum absolute atomic E-state index is 13.2. The van der Waals surface area contributed by atoms with E-state index in [2.05, 4.69) is 58.0 Å². The molecule has 1 amide bonds. The normalized spacial score (nSPS) is 14.8. The smallest absolute Gasteiger partial charge is 0.410 e. The number of aromatic nitrogens is 3. The van der Waals surface area contributed by atoms with Crippen molar-refractivity contribution in [2.75, 3.05) is 37.7 Å². The number of rotatable bonds is 10. The van der Waals surface area contributed by atoms with E-state index in [9.17, 15) is 14.7 Å². The second kappa shape index (κ2) is 17.1. The number of aromatic carboxylic acids is 1. The fourth-order valence-electron chi connectivity index (χ4n) is 8.77. The zero-order chi connectivity index (χ0) is 41.1. The lowest BCUT2D eigenvalue weighted by molar-refractivity contribution is 0.0240. The van der Waals surface area contributed by atoms with Gasteiger partial charge in [-0.25, -0.2) is 9.59 Å². The summed E-state index contributed by atoms with van der Waals surface area (Å²) < 4.78 is 22.4. The Morgan fingerprint density at radius 3 is 2.31 bits per heavy atom. The van der Waals surface area contributed by atoms with Gasteiger partial charge >= 0.3 is 12.1 Å². The van der Waals surface area contributed by atoms with Crippen molar-refractivity contribution in [1.29, 1.82) is 0 Å². The zero-order valence-electron chi connectivity index (χ0n) is 34.7. The summed E-state index contributed by atoms with van der Waals surface area (Å²) in [6, 6.07) is 28.6. The highest BCUT2D eigenvalue weighted by Gasteiger charge is 2.29. The summed E-state index contributed by atoms with van der Waals surface area (Å²) in [6.45, 7) is 9.66. The van der Waals surface area contributed by atoms with Gasteiger partial charge in [-0.05, 0) is 94.2 Å². The second-order valence-electron chi connectivity index (χ2n) is 16.7. The maximum atomic E-state index is 13.2. The average molecular weight is 798 g/mol. The van der Waals surface area contributed by atoms with E-state index >= 15 is 0 Å². The molecule has 11 nitrogen and oxygen atoms in total. The summed E-state index contributed by atoms with van der Waals surface area (Å²) in [4.78, 5) is 29.8. The molecule has 2 aromatic heterocycles. The van der Waals surface area contributed by atoms with Gasteiger partial charge in [-0.2, -0.15) is 5.10 Å². The number of hydrogen-bond acceptors (Lipinski definition) is 7. The Balaban J connectivity index is 1.04. The highest BCUT2D eigenvalue weighted by Crippen LogP contribution is 2.40. The van der Waals surface area contributed by atoms with Gasteiger partial charge in [0.1, 0.15) is 35.1 Å². The monoisotopic (exact) mass is 797 g/mol. The Bertz CT molecular complexity index is 2450. The number of carboxylic acid groups (broad SMARTS) is 1. The van der Waals surface area contributed by atoms with Crippen molar-refractivity contribution >= 4 is 39.4 Å². The minimum absolute atomic E-state index is 0.262. The molecule has 1 fully saturated rings. The Labute approximate surface area is 346 Å².